The third kappa shape index (κ3) is 1.54. The molecule has 0 aliphatic carbocycles. The van der Waals surface area contributed by atoms with Crippen LogP contribution in [0.25, 0.3) is 0 Å². The Hall–Kier alpha value is -0.970. The lowest BCUT2D eigenvalue weighted by atomic mass is 9.62. The summed E-state index contributed by atoms with van der Waals surface area (Å²) in [6.07, 6.45) is 0. The molecular formula is C15H20FN3. The number of likely N-dealkylation sites (N-methyl/N-ethyl adjacent to an activating group) is 1. The molecule has 1 aromatic rings. The molecule has 0 aromatic heterocycles. The summed E-state index contributed by atoms with van der Waals surface area (Å²) >= 11 is 0. The van der Waals surface area contributed by atoms with E-state index < -0.39 is 0 Å². The Balaban J connectivity index is 1.85. The maximum Gasteiger partial charge on any atom is 0.127 e. The molecule has 0 saturated carbocycles. The lowest BCUT2D eigenvalue weighted by Crippen LogP contribution is -2.77. The molecule has 4 saturated heterocycles. The summed E-state index contributed by atoms with van der Waals surface area (Å²) in [7, 11) is 2.03. The van der Waals surface area contributed by atoms with Crippen molar-refractivity contribution in [2.24, 2.45) is 5.92 Å². The van der Waals surface area contributed by atoms with Gasteiger partial charge in [-0.25, -0.2) is 4.39 Å². The normalized spacial score (nSPS) is 43.7. The largest absolute Gasteiger partial charge is 0.316 e. The van der Waals surface area contributed by atoms with Crippen molar-refractivity contribution in [2.45, 2.75) is 11.5 Å². The fraction of sp³-hybridized carbons (Fsp3) is 0.600. The van der Waals surface area contributed by atoms with Crippen LogP contribution in [0, 0.1) is 11.7 Å². The fourth-order valence-corrected chi connectivity index (χ4v) is 4.77. The van der Waals surface area contributed by atoms with Gasteiger partial charge in [-0.1, -0.05) is 18.2 Å². The number of rotatable bonds is 2. The van der Waals surface area contributed by atoms with Gasteiger partial charge in [-0.05, 0) is 18.7 Å². The second-order valence-corrected chi connectivity index (χ2v) is 6.33. The van der Waals surface area contributed by atoms with Gasteiger partial charge in [0, 0.05) is 43.6 Å². The Bertz CT molecular complexity index is 490. The number of benzene rings is 1. The molecule has 3 unspecified atom stereocenters. The van der Waals surface area contributed by atoms with Gasteiger partial charge in [0.05, 0.1) is 6.67 Å². The van der Waals surface area contributed by atoms with Crippen molar-refractivity contribution in [3.05, 3.63) is 35.6 Å². The summed E-state index contributed by atoms with van der Waals surface area (Å²) in [4.78, 5) is 4.97. The van der Waals surface area contributed by atoms with Gasteiger partial charge in [-0.2, -0.15) is 0 Å². The van der Waals surface area contributed by atoms with E-state index in [1.165, 1.54) is 0 Å². The van der Waals surface area contributed by atoms with Gasteiger partial charge in [0.1, 0.15) is 5.82 Å². The number of piperidine rings is 2. The van der Waals surface area contributed by atoms with Crippen molar-refractivity contribution < 1.29 is 4.39 Å². The predicted molar refractivity (Wildman–Crippen MR) is 72.4 cm³/mol. The molecule has 1 aromatic carbocycles. The van der Waals surface area contributed by atoms with E-state index in [1.807, 2.05) is 19.2 Å². The number of nitrogens with one attached hydrogen (secondary N) is 1. The van der Waals surface area contributed by atoms with Crippen LogP contribution in [0.1, 0.15) is 5.56 Å². The van der Waals surface area contributed by atoms with E-state index in [4.69, 9.17) is 0 Å². The highest BCUT2D eigenvalue weighted by molar-refractivity contribution is 5.34. The van der Waals surface area contributed by atoms with Crippen molar-refractivity contribution in [3.63, 3.8) is 0 Å². The molecule has 3 atom stereocenters. The Morgan fingerprint density at radius 1 is 1.21 bits per heavy atom. The van der Waals surface area contributed by atoms with Crippen LogP contribution in [0.5, 0.6) is 0 Å². The molecule has 4 fully saturated rings. The van der Waals surface area contributed by atoms with Gasteiger partial charge in [0.2, 0.25) is 0 Å². The summed E-state index contributed by atoms with van der Waals surface area (Å²) < 4.78 is 14.3. The van der Waals surface area contributed by atoms with E-state index >= 15 is 0 Å². The standard InChI is InChI=1S/C15H20FN3/c1-17-14-11-6-18-8-15(14,9-19(7-11)10-18)12-4-2-3-5-13(12)16/h2-5,11,14,17H,6-10H2,1H3. The average molecular weight is 261 g/mol. The Labute approximate surface area is 113 Å². The van der Waals surface area contributed by atoms with Crippen molar-refractivity contribution in [1.82, 2.24) is 15.1 Å². The molecule has 5 rings (SSSR count). The zero-order valence-corrected chi connectivity index (χ0v) is 11.3. The summed E-state index contributed by atoms with van der Waals surface area (Å²) in [5.41, 5.74) is 0.813. The molecule has 0 radical (unpaired) electrons. The summed E-state index contributed by atoms with van der Waals surface area (Å²) in [6, 6.07) is 7.72. The van der Waals surface area contributed by atoms with Crippen molar-refractivity contribution in [3.8, 4) is 0 Å². The number of hydrogen-bond donors (Lipinski definition) is 1. The molecular weight excluding hydrogens is 241 g/mol. The molecule has 4 bridgehead atoms. The van der Waals surface area contributed by atoms with E-state index in [9.17, 15) is 4.39 Å². The van der Waals surface area contributed by atoms with Crippen LogP contribution in [0.4, 0.5) is 4.39 Å². The van der Waals surface area contributed by atoms with Gasteiger partial charge < -0.3 is 5.32 Å². The van der Waals surface area contributed by atoms with Crippen LogP contribution in [-0.4, -0.2) is 55.7 Å². The Kier molecular flexibility index (Phi) is 2.50. The first-order valence-corrected chi connectivity index (χ1v) is 7.10. The summed E-state index contributed by atoms with van der Waals surface area (Å²) in [5, 5.41) is 3.49. The van der Waals surface area contributed by atoms with E-state index in [0.717, 1.165) is 38.4 Å². The molecule has 102 valence electrons. The highest BCUT2D eigenvalue weighted by Gasteiger charge is 2.57. The lowest BCUT2D eigenvalue weighted by Gasteiger charge is -2.63. The number of nitrogens with zero attached hydrogens (tertiary/aromatic N) is 2. The first-order valence-electron chi connectivity index (χ1n) is 7.10. The number of halogens is 1. The first-order chi connectivity index (χ1) is 9.23. The zero-order chi connectivity index (χ0) is 13.0. The molecule has 4 aliphatic rings. The van der Waals surface area contributed by atoms with E-state index in [0.29, 0.717) is 12.0 Å². The Morgan fingerprint density at radius 3 is 2.53 bits per heavy atom. The highest BCUT2D eigenvalue weighted by Crippen LogP contribution is 2.45. The maximum atomic E-state index is 14.3. The lowest BCUT2D eigenvalue weighted by molar-refractivity contribution is -0.107. The first kappa shape index (κ1) is 11.8. The van der Waals surface area contributed by atoms with Crippen LogP contribution < -0.4 is 5.32 Å². The predicted octanol–water partition coefficient (Wildman–Crippen LogP) is 0.870. The SMILES string of the molecule is CNC1C2CN3CN(C2)CC1(c1ccccc1F)C3. The molecule has 1 N–H and O–H groups in total. The van der Waals surface area contributed by atoms with Crippen LogP contribution in [0.3, 0.4) is 0 Å². The molecule has 0 amide bonds. The minimum Gasteiger partial charge on any atom is -0.316 e. The van der Waals surface area contributed by atoms with E-state index in [1.54, 1.807) is 12.1 Å². The van der Waals surface area contributed by atoms with Crippen LogP contribution in [-0.2, 0) is 5.41 Å². The maximum absolute atomic E-state index is 14.3. The highest BCUT2D eigenvalue weighted by atomic mass is 19.1. The molecule has 4 aliphatic heterocycles. The van der Waals surface area contributed by atoms with Gasteiger partial charge in [-0.15, -0.1) is 0 Å². The topological polar surface area (TPSA) is 18.5 Å². The summed E-state index contributed by atoms with van der Waals surface area (Å²) in [5.74, 6) is 0.563. The van der Waals surface area contributed by atoms with Gasteiger partial charge in [-0.3, -0.25) is 9.80 Å². The fourth-order valence-electron chi connectivity index (χ4n) is 4.77. The van der Waals surface area contributed by atoms with E-state index in [2.05, 4.69) is 15.1 Å². The van der Waals surface area contributed by atoms with Crippen molar-refractivity contribution in [2.75, 3.05) is 39.9 Å². The van der Waals surface area contributed by atoms with Gasteiger partial charge >= 0.3 is 0 Å². The van der Waals surface area contributed by atoms with Crippen molar-refractivity contribution >= 4 is 0 Å². The molecule has 0 spiro atoms. The third-order valence-corrected chi connectivity index (χ3v) is 5.18. The van der Waals surface area contributed by atoms with Crippen LogP contribution >= 0.6 is 0 Å². The van der Waals surface area contributed by atoms with Gasteiger partial charge in [0.15, 0.2) is 0 Å². The Morgan fingerprint density at radius 2 is 1.89 bits per heavy atom. The second-order valence-electron chi connectivity index (χ2n) is 6.33. The minimum absolute atomic E-state index is 0.0490. The average Bonchev–Trinajstić information content (AvgIpc) is 2.38. The summed E-state index contributed by atoms with van der Waals surface area (Å²) in [6.45, 7) is 5.32. The van der Waals surface area contributed by atoms with Crippen molar-refractivity contribution in [1.29, 1.82) is 0 Å². The zero-order valence-electron chi connectivity index (χ0n) is 11.3. The van der Waals surface area contributed by atoms with E-state index in [-0.39, 0.29) is 11.2 Å². The molecule has 3 nitrogen and oxygen atoms in total. The van der Waals surface area contributed by atoms with Crippen LogP contribution in [0.2, 0.25) is 0 Å². The second kappa shape index (κ2) is 4.01. The monoisotopic (exact) mass is 261 g/mol. The third-order valence-electron chi connectivity index (χ3n) is 5.18. The molecule has 4 heteroatoms. The molecule has 19 heavy (non-hydrogen) atoms. The minimum atomic E-state index is -0.0838. The quantitative estimate of drug-likeness (QED) is 0.852. The van der Waals surface area contributed by atoms with Gasteiger partial charge in [0.25, 0.3) is 0 Å². The molecule has 4 heterocycles. The smallest absolute Gasteiger partial charge is 0.127 e. The van der Waals surface area contributed by atoms with Crippen LogP contribution in [0.15, 0.2) is 24.3 Å². The number of hydrogen-bond acceptors (Lipinski definition) is 3.